The van der Waals surface area contributed by atoms with Crippen LogP contribution in [0.1, 0.15) is 74.9 Å². The first-order valence-electron chi connectivity index (χ1n) is 10.3. The number of alkyl halides is 3. The van der Waals surface area contributed by atoms with Crippen LogP contribution in [0, 0.1) is 0 Å². The lowest BCUT2D eigenvalue weighted by Gasteiger charge is -2.23. The van der Waals surface area contributed by atoms with Gasteiger partial charge in [0.05, 0.1) is 10.5 Å². The highest BCUT2D eigenvalue weighted by Gasteiger charge is 2.33. The largest absolute Gasteiger partial charge is 0.573 e. The van der Waals surface area contributed by atoms with Crippen molar-refractivity contribution in [1.29, 1.82) is 0 Å². The standard InChI is InChI=1S/C21H29F3N2O5S2/c1-12(2)16-9-14(31-21(22,23)24)10-17(13(3)4)15(16)7-8-26(28)33(29,30)19-25-11-18(32-19)20(5,6)27/h9-13,27-28H,7-8H2,1-6H3. The zero-order valence-corrected chi connectivity index (χ0v) is 20.9. The third kappa shape index (κ3) is 6.89. The minimum atomic E-state index is -4.84. The summed E-state index contributed by atoms with van der Waals surface area (Å²) in [6.45, 7) is 9.87. The molecule has 2 aromatic rings. The highest BCUT2D eigenvalue weighted by molar-refractivity contribution is 7.91. The van der Waals surface area contributed by atoms with Gasteiger partial charge in [-0.05, 0) is 60.9 Å². The van der Waals surface area contributed by atoms with Gasteiger partial charge in [-0.15, -0.1) is 24.5 Å². The Bertz CT molecular complexity index is 1050. The van der Waals surface area contributed by atoms with E-state index < -0.39 is 22.0 Å². The predicted octanol–water partition coefficient (Wildman–Crippen LogP) is 5.14. The number of rotatable bonds is 9. The fourth-order valence-corrected chi connectivity index (χ4v) is 5.57. The first-order chi connectivity index (χ1) is 14.9. The summed E-state index contributed by atoms with van der Waals surface area (Å²) in [7, 11) is -4.34. The maximum Gasteiger partial charge on any atom is 0.573 e. The topological polar surface area (TPSA) is 100.0 Å². The number of nitrogens with zero attached hydrogens (tertiary/aromatic N) is 2. The van der Waals surface area contributed by atoms with Crippen molar-refractivity contribution in [2.24, 2.45) is 0 Å². The molecule has 1 aromatic heterocycles. The SMILES string of the molecule is CC(C)c1cc(OC(F)(F)F)cc(C(C)C)c1CCN(O)S(=O)(=O)c1ncc(C(C)(C)O)s1. The average Bonchev–Trinajstić information content (AvgIpc) is 3.16. The van der Waals surface area contributed by atoms with Crippen LogP contribution in [0.25, 0.3) is 0 Å². The van der Waals surface area contributed by atoms with E-state index in [9.17, 15) is 31.9 Å². The molecule has 0 atom stereocenters. The monoisotopic (exact) mass is 510 g/mol. The third-order valence-electron chi connectivity index (χ3n) is 4.91. The molecule has 0 aliphatic heterocycles. The molecule has 1 heterocycles. The summed E-state index contributed by atoms with van der Waals surface area (Å²) in [6, 6.07) is 2.60. The number of aromatic nitrogens is 1. The van der Waals surface area contributed by atoms with Crippen LogP contribution < -0.4 is 4.74 Å². The second-order valence-corrected chi connectivity index (χ2v) is 11.8. The Morgan fingerprint density at radius 1 is 1.12 bits per heavy atom. The second kappa shape index (κ2) is 9.87. The van der Waals surface area contributed by atoms with Gasteiger partial charge in [-0.1, -0.05) is 32.2 Å². The molecule has 0 amide bonds. The number of ether oxygens (including phenoxy) is 1. The van der Waals surface area contributed by atoms with Crippen molar-refractivity contribution in [3.05, 3.63) is 39.9 Å². The lowest BCUT2D eigenvalue weighted by atomic mass is 9.87. The molecule has 0 saturated carbocycles. The van der Waals surface area contributed by atoms with E-state index in [0.717, 1.165) is 11.3 Å². The summed E-state index contributed by atoms with van der Waals surface area (Å²) >= 11 is 0.746. The smallest absolute Gasteiger partial charge is 0.406 e. The van der Waals surface area contributed by atoms with Gasteiger partial charge in [0.15, 0.2) is 0 Å². The van der Waals surface area contributed by atoms with Crippen LogP contribution in [0.4, 0.5) is 13.2 Å². The van der Waals surface area contributed by atoms with Crippen molar-refractivity contribution < 1.29 is 36.6 Å². The molecule has 0 aliphatic carbocycles. The number of sulfonamides is 1. The molecule has 0 aliphatic rings. The van der Waals surface area contributed by atoms with Crippen LogP contribution in [0.2, 0.25) is 0 Å². The molecule has 12 heteroatoms. The van der Waals surface area contributed by atoms with E-state index in [-0.39, 0.29) is 39.4 Å². The number of halogens is 3. The Balaban J connectivity index is 2.36. The van der Waals surface area contributed by atoms with Gasteiger partial charge in [0.1, 0.15) is 5.75 Å². The van der Waals surface area contributed by atoms with Crippen LogP contribution in [-0.2, 0) is 22.0 Å². The molecule has 2 N–H and O–H groups in total. The summed E-state index contributed by atoms with van der Waals surface area (Å²) in [6.07, 6.45) is -3.54. The van der Waals surface area contributed by atoms with E-state index in [1.54, 1.807) is 0 Å². The average molecular weight is 511 g/mol. The first-order valence-corrected chi connectivity index (χ1v) is 12.5. The van der Waals surface area contributed by atoms with Gasteiger partial charge in [-0.3, -0.25) is 5.21 Å². The number of hydrogen-bond acceptors (Lipinski definition) is 7. The van der Waals surface area contributed by atoms with Crippen molar-refractivity contribution in [2.75, 3.05) is 6.54 Å². The van der Waals surface area contributed by atoms with Gasteiger partial charge in [0.25, 0.3) is 10.0 Å². The van der Waals surface area contributed by atoms with E-state index in [4.69, 9.17) is 0 Å². The van der Waals surface area contributed by atoms with Crippen molar-refractivity contribution >= 4 is 21.4 Å². The second-order valence-electron chi connectivity index (χ2n) is 8.79. The first kappa shape index (κ1) is 27.5. The molecule has 0 radical (unpaired) electrons. The summed E-state index contributed by atoms with van der Waals surface area (Å²) in [5.41, 5.74) is 0.513. The Morgan fingerprint density at radius 3 is 2.03 bits per heavy atom. The predicted molar refractivity (Wildman–Crippen MR) is 118 cm³/mol. The number of hydroxylamine groups is 1. The van der Waals surface area contributed by atoms with Gasteiger partial charge in [-0.2, -0.15) is 0 Å². The van der Waals surface area contributed by atoms with Crippen LogP contribution in [-0.4, -0.2) is 41.1 Å². The highest BCUT2D eigenvalue weighted by atomic mass is 32.2. The quantitative estimate of drug-likeness (QED) is 0.453. The summed E-state index contributed by atoms with van der Waals surface area (Å²) in [5.74, 6) is -0.688. The maximum atomic E-state index is 12.8. The Morgan fingerprint density at radius 2 is 1.64 bits per heavy atom. The normalized spacial score (nSPS) is 13.4. The molecule has 186 valence electrons. The number of thiazole rings is 1. The van der Waals surface area contributed by atoms with Crippen molar-refractivity contribution in [3.8, 4) is 5.75 Å². The van der Waals surface area contributed by atoms with E-state index in [2.05, 4.69) is 9.72 Å². The molecule has 0 bridgehead atoms. The zero-order chi connectivity index (χ0) is 25.4. The molecule has 33 heavy (non-hydrogen) atoms. The molecule has 1 aromatic carbocycles. The van der Waals surface area contributed by atoms with Crippen molar-refractivity contribution in [1.82, 2.24) is 9.45 Å². The zero-order valence-electron chi connectivity index (χ0n) is 19.3. The molecule has 0 fully saturated rings. The van der Waals surface area contributed by atoms with Crippen molar-refractivity contribution in [2.45, 2.75) is 76.1 Å². The van der Waals surface area contributed by atoms with Gasteiger partial charge >= 0.3 is 6.36 Å². The van der Waals surface area contributed by atoms with E-state index >= 15 is 0 Å². The summed E-state index contributed by atoms with van der Waals surface area (Å²) in [4.78, 5) is 4.13. The fourth-order valence-electron chi connectivity index (χ4n) is 3.28. The molecule has 0 spiro atoms. The number of benzene rings is 1. The highest BCUT2D eigenvalue weighted by Crippen LogP contribution is 2.35. The number of aliphatic hydroxyl groups is 1. The van der Waals surface area contributed by atoms with Crippen LogP contribution in [0.3, 0.4) is 0 Å². The fraction of sp³-hybridized carbons (Fsp3) is 0.571. The van der Waals surface area contributed by atoms with Crippen molar-refractivity contribution in [3.63, 3.8) is 0 Å². The molecule has 7 nitrogen and oxygen atoms in total. The van der Waals surface area contributed by atoms with E-state index in [1.165, 1.54) is 32.2 Å². The van der Waals surface area contributed by atoms with Crippen LogP contribution >= 0.6 is 11.3 Å². The Kier molecular flexibility index (Phi) is 8.23. The van der Waals surface area contributed by atoms with Gasteiger partial charge < -0.3 is 9.84 Å². The minimum Gasteiger partial charge on any atom is -0.406 e. The Labute approximate surface area is 195 Å². The Hall–Kier alpha value is -1.73. The molecular formula is C21H29F3N2O5S2. The third-order valence-corrected chi connectivity index (χ3v) is 8.18. The summed E-state index contributed by atoms with van der Waals surface area (Å²) in [5, 5.41) is 20.4. The molecule has 0 saturated heterocycles. The molecule has 2 rings (SSSR count). The maximum absolute atomic E-state index is 12.8. The van der Waals surface area contributed by atoms with Crippen LogP contribution in [0.5, 0.6) is 5.75 Å². The molecular weight excluding hydrogens is 481 g/mol. The summed E-state index contributed by atoms with van der Waals surface area (Å²) < 4.78 is 67.7. The number of hydrogen-bond donors (Lipinski definition) is 2. The van der Waals surface area contributed by atoms with E-state index in [0.29, 0.717) is 21.6 Å². The lowest BCUT2D eigenvalue weighted by Crippen LogP contribution is -2.30. The molecule has 0 unspecified atom stereocenters. The lowest BCUT2D eigenvalue weighted by molar-refractivity contribution is -0.274. The minimum absolute atomic E-state index is 0.0623. The van der Waals surface area contributed by atoms with Gasteiger partial charge in [0.2, 0.25) is 4.34 Å². The van der Waals surface area contributed by atoms with Gasteiger partial charge in [0, 0.05) is 12.7 Å². The van der Waals surface area contributed by atoms with Gasteiger partial charge in [-0.25, -0.2) is 13.4 Å². The van der Waals surface area contributed by atoms with Crippen LogP contribution in [0.15, 0.2) is 22.7 Å². The van der Waals surface area contributed by atoms with E-state index in [1.807, 2.05) is 27.7 Å².